The van der Waals surface area contributed by atoms with E-state index in [4.69, 9.17) is 10.5 Å². The van der Waals surface area contributed by atoms with Gasteiger partial charge in [0.05, 0.1) is 17.7 Å². The van der Waals surface area contributed by atoms with Crippen LogP contribution in [0.2, 0.25) is 6.82 Å². The maximum atomic E-state index is 8.71. The van der Waals surface area contributed by atoms with E-state index in [-0.39, 0.29) is 6.71 Å². The summed E-state index contributed by atoms with van der Waals surface area (Å²) in [5.74, 6) is 1.90. The van der Waals surface area contributed by atoms with Crippen LogP contribution in [0.5, 0.6) is 0 Å². The highest BCUT2D eigenvalue weighted by atomic mass is 14.2. The van der Waals surface area contributed by atoms with Gasteiger partial charge in [0.15, 0.2) is 0 Å². The van der Waals surface area contributed by atoms with Gasteiger partial charge in [0, 0.05) is 5.47 Å². The second-order valence-corrected chi connectivity index (χ2v) is 2.62. The summed E-state index contributed by atoms with van der Waals surface area (Å²) in [5, 5.41) is 17.3. The summed E-state index contributed by atoms with van der Waals surface area (Å²) in [5.41, 5.74) is 1.17. The summed E-state index contributed by atoms with van der Waals surface area (Å²) < 4.78 is 0. The van der Waals surface area contributed by atoms with E-state index >= 15 is 0 Å². The molecule has 0 aromatic rings. The molecule has 0 aliphatic carbocycles. The number of hydrogen-bond donors (Lipinski definition) is 0. The van der Waals surface area contributed by atoms with Gasteiger partial charge in [-0.25, -0.2) is 0 Å². The van der Waals surface area contributed by atoms with E-state index in [2.05, 4.69) is 6.07 Å². The zero-order valence-corrected chi connectivity index (χ0v) is 6.78. The lowest BCUT2D eigenvalue weighted by atomic mass is 9.47. The molecule has 2 nitrogen and oxygen atoms in total. The molecule has 1 aliphatic rings. The van der Waals surface area contributed by atoms with Crippen molar-refractivity contribution in [1.29, 1.82) is 10.5 Å². The minimum atomic E-state index is 0.108. The summed E-state index contributed by atoms with van der Waals surface area (Å²) in [6.07, 6.45) is 5.15. The van der Waals surface area contributed by atoms with Crippen LogP contribution in [0.25, 0.3) is 0 Å². The van der Waals surface area contributed by atoms with Crippen LogP contribution in [0.4, 0.5) is 0 Å². The first-order valence-corrected chi connectivity index (χ1v) is 3.68. The zero-order chi connectivity index (χ0) is 8.97. The van der Waals surface area contributed by atoms with Crippen LogP contribution >= 0.6 is 0 Å². The molecule has 56 valence electrons. The van der Waals surface area contributed by atoms with Crippen molar-refractivity contribution in [3.8, 4) is 12.1 Å². The van der Waals surface area contributed by atoms with E-state index < -0.39 is 0 Å². The first kappa shape index (κ1) is 8.36. The molecule has 0 saturated carbocycles. The Kier molecular flexibility index (Phi) is 2.51. The highest BCUT2D eigenvalue weighted by Crippen LogP contribution is 2.10. The number of nitrogens with zero attached hydrogens (tertiary/aromatic N) is 2. The van der Waals surface area contributed by atoms with Crippen molar-refractivity contribution in [3.63, 3.8) is 0 Å². The highest BCUT2D eigenvalue weighted by Gasteiger charge is 2.11. The number of rotatable bonds is 0. The van der Waals surface area contributed by atoms with Crippen LogP contribution in [0, 0.1) is 22.7 Å². The smallest absolute Gasteiger partial charge is 0.194 e. The summed E-state index contributed by atoms with van der Waals surface area (Å²) in [4.78, 5) is 0. The quantitative estimate of drug-likeness (QED) is 0.498. The Morgan fingerprint density at radius 2 is 2.08 bits per heavy atom. The van der Waals surface area contributed by atoms with E-state index in [0.717, 1.165) is 0 Å². The molecule has 1 rings (SSSR count). The predicted octanol–water partition coefficient (Wildman–Crippen LogP) is 1.66. The Labute approximate surface area is 72.2 Å². The van der Waals surface area contributed by atoms with Crippen molar-refractivity contribution in [1.82, 2.24) is 0 Å². The van der Waals surface area contributed by atoms with E-state index in [1.54, 1.807) is 12.2 Å². The molecule has 0 amide bonds. The fourth-order valence-electron chi connectivity index (χ4n) is 0.980. The molecule has 0 fully saturated rings. The standard InChI is InChI=1S/C9H7BN2/c1-10-4-2-3-8(6-11)5-9(10)7-12/h2-5H,1H3. The van der Waals surface area contributed by atoms with Crippen molar-refractivity contribution in [2.24, 2.45) is 0 Å². The third-order valence-electron chi connectivity index (χ3n) is 1.74. The third-order valence-corrected chi connectivity index (χ3v) is 1.74. The van der Waals surface area contributed by atoms with Gasteiger partial charge in [0.25, 0.3) is 0 Å². The molecular formula is C9H7BN2. The Morgan fingerprint density at radius 3 is 2.67 bits per heavy atom. The number of hydrogen-bond acceptors (Lipinski definition) is 2. The van der Waals surface area contributed by atoms with Gasteiger partial charge in [-0.2, -0.15) is 10.5 Å². The average Bonchev–Trinajstić information content (AvgIpc) is 2.27. The molecule has 12 heavy (non-hydrogen) atoms. The molecule has 1 heterocycles. The van der Waals surface area contributed by atoms with Crippen LogP contribution in [0.1, 0.15) is 0 Å². The normalized spacial score (nSPS) is 15.4. The SMILES string of the molecule is CB1C=CC=C(C#N)C=C1C#N. The van der Waals surface area contributed by atoms with Gasteiger partial charge in [-0.1, -0.05) is 12.9 Å². The molecule has 0 saturated heterocycles. The van der Waals surface area contributed by atoms with Crippen molar-refractivity contribution >= 4 is 6.71 Å². The molecule has 0 N–H and O–H groups in total. The Hall–Kier alpha value is -1.74. The van der Waals surface area contributed by atoms with Gasteiger partial charge < -0.3 is 0 Å². The molecule has 0 aromatic heterocycles. The minimum Gasteiger partial charge on any atom is -0.194 e. The number of allylic oxidation sites excluding steroid dienone is 5. The van der Waals surface area contributed by atoms with Gasteiger partial charge in [0.2, 0.25) is 6.71 Å². The van der Waals surface area contributed by atoms with Crippen molar-refractivity contribution in [2.75, 3.05) is 0 Å². The van der Waals surface area contributed by atoms with E-state index in [1.165, 1.54) is 0 Å². The number of nitriles is 2. The fraction of sp³-hybridized carbons (Fsp3) is 0.111. The van der Waals surface area contributed by atoms with Crippen LogP contribution in [0.3, 0.4) is 0 Å². The molecular weight excluding hydrogens is 147 g/mol. The van der Waals surface area contributed by atoms with Crippen LogP contribution in [-0.4, -0.2) is 6.71 Å². The molecule has 3 heteroatoms. The van der Waals surface area contributed by atoms with E-state index in [1.807, 2.05) is 24.9 Å². The van der Waals surface area contributed by atoms with Crippen LogP contribution in [-0.2, 0) is 0 Å². The maximum Gasteiger partial charge on any atom is 0.211 e. The Bertz CT molecular complexity index is 350. The zero-order valence-electron chi connectivity index (χ0n) is 6.78. The fourth-order valence-corrected chi connectivity index (χ4v) is 0.980. The van der Waals surface area contributed by atoms with Crippen LogP contribution < -0.4 is 0 Å². The van der Waals surface area contributed by atoms with Crippen molar-refractivity contribution in [2.45, 2.75) is 6.82 Å². The summed E-state index contributed by atoms with van der Waals surface area (Å²) in [6.45, 7) is 2.04. The first-order chi connectivity index (χ1) is 5.77. The summed E-state index contributed by atoms with van der Waals surface area (Å²) in [6, 6.07) is 4.09. The first-order valence-electron chi connectivity index (χ1n) is 3.68. The lowest BCUT2D eigenvalue weighted by Gasteiger charge is -1.95. The van der Waals surface area contributed by atoms with Gasteiger partial charge >= 0.3 is 0 Å². The minimum absolute atomic E-state index is 0.108. The Morgan fingerprint density at radius 1 is 1.33 bits per heavy atom. The second kappa shape index (κ2) is 3.60. The lowest BCUT2D eigenvalue weighted by Crippen LogP contribution is -2.05. The monoisotopic (exact) mass is 154 g/mol. The molecule has 0 aromatic carbocycles. The molecule has 0 spiro atoms. The van der Waals surface area contributed by atoms with E-state index in [9.17, 15) is 0 Å². The second-order valence-electron chi connectivity index (χ2n) is 2.62. The highest BCUT2D eigenvalue weighted by molar-refractivity contribution is 6.71. The molecule has 0 atom stereocenters. The lowest BCUT2D eigenvalue weighted by molar-refractivity contribution is 1.48. The molecule has 0 unspecified atom stereocenters. The topological polar surface area (TPSA) is 47.6 Å². The van der Waals surface area contributed by atoms with Gasteiger partial charge in [0.1, 0.15) is 0 Å². The molecule has 1 aliphatic heterocycles. The third kappa shape index (κ3) is 1.65. The van der Waals surface area contributed by atoms with Crippen molar-refractivity contribution in [3.05, 3.63) is 35.2 Å². The largest absolute Gasteiger partial charge is 0.211 e. The van der Waals surface area contributed by atoms with Gasteiger partial charge in [-0.05, 0) is 12.2 Å². The summed E-state index contributed by atoms with van der Waals surface area (Å²) in [7, 11) is 0. The molecule has 0 radical (unpaired) electrons. The Balaban J connectivity index is 3.09. The van der Waals surface area contributed by atoms with Crippen LogP contribution in [0.15, 0.2) is 35.2 Å². The summed E-state index contributed by atoms with van der Waals surface area (Å²) >= 11 is 0. The van der Waals surface area contributed by atoms with E-state index in [0.29, 0.717) is 11.0 Å². The van der Waals surface area contributed by atoms with Gasteiger partial charge in [-0.3, -0.25) is 0 Å². The van der Waals surface area contributed by atoms with Crippen molar-refractivity contribution < 1.29 is 0 Å². The van der Waals surface area contributed by atoms with Gasteiger partial charge in [-0.15, -0.1) is 5.98 Å². The molecule has 0 bridgehead atoms. The predicted molar refractivity (Wildman–Crippen MR) is 48.2 cm³/mol. The average molecular weight is 154 g/mol. The maximum absolute atomic E-state index is 8.71.